The molecule has 13 heteroatoms. The number of rotatable bonds is 9. The van der Waals surface area contributed by atoms with Crippen LogP contribution in [0.3, 0.4) is 0 Å². The molecule has 1 N–H and O–H groups in total. The maximum atomic E-state index is 14.8. The molecule has 1 aromatic carbocycles. The Bertz CT molecular complexity index is 1180. The van der Waals surface area contributed by atoms with E-state index in [0.29, 0.717) is 17.7 Å². The molecule has 33 heavy (non-hydrogen) atoms. The van der Waals surface area contributed by atoms with Crippen LogP contribution < -0.4 is 10.2 Å². The number of ether oxygens (including phenoxy) is 2. The fourth-order valence-electron chi connectivity index (χ4n) is 3.22. The highest BCUT2D eigenvalue weighted by molar-refractivity contribution is 5.90. The predicted molar refractivity (Wildman–Crippen MR) is 109 cm³/mol. The Balaban J connectivity index is 1.48. The first-order valence-electron chi connectivity index (χ1n) is 9.96. The van der Waals surface area contributed by atoms with Crippen molar-refractivity contribution in [2.24, 2.45) is 0 Å². The van der Waals surface area contributed by atoms with E-state index in [4.69, 9.17) is 14.0 Å². The molecule has 0 radical (unpaired) electrons. The number of benzene rings is 1. The molecule has 3 aromatic rings. The SMILES string of the molecule is CCOC(=O)Cc1nc(-c2cnn(-c3ccc(N4CC(CNC=O)OC4=O)cc3F)c2)no1. The Morgan fingerprint density at radius 2 is 2.27 bits per heavy atom. The van der Waals surface area contributed by atoms with Gasteiger partial charge in [-0.3, -0.25) is 14.5 Å². The smallest absolute Gasteiger partial charge is 0.414 e. The first kappa shape index (κ1) is 21.9. The Morgan fingerprint density at radius 3 is 3.03 bits per heavy atom. The molecular formula is C20H19FN6O6. The number of cyclic esters (lactones) is 1. The Kier molecular flexibility index (Phi) is 6.29. The summed E-state index contributed by atoms with van der Waals surface area (Å²) in [6.07, 6.45) is 2.13. The molecule has 1 saturated heterocycles. The molecule has 1 atom stereocenters. The number of halogens is 1. The summed E-state index contributed by atoms with van der Waals surface area (Å²) in [5, 5.41) is 10.4. The van der Waals surface area contributed by atoms with Crippen molar-refractivity contribution >= 4 is 24.2 Å². The van der Waals surface area contributed by atoms with Crippen molar-refractivity contribution in [2.75, 3.05) is 24.6 Å². The Hall–Kier alpha value is -4.29. The quantitative estimate of drug-likeness (QED) is 0.370. The molecule has 0 spiro atoms. The van der Waals surface area contributed by atoms with Gasteiger partial charge in [-0.1, -0.05) is 5.16 Å². The first-order valence-corrected chi connectivity index (χ1v) is 9.96. The second kappa shape index (κ2) is 9.46. The van der Waals surface area contributed by atoms with Gasteiger partial charge in [0.2, 0.25) is 18.1 Å². The zero-order valence-electron chi connectivity index (χ0n) is 17.4. The molecule has 0 aliphatic carbocycles. The summed E-state index contributed by atoms with van der Waals surface area (Å²) in [5.41, 5.74) is 0.891. The van der Waals surface area contributed by atoms with E-state index in [1.165, 1.54) is 34.1 Å². The molecule has 3 heterocycles. The molecule has 1 aliphatic rings. The van der Waals surface area contributed by atoms with Gasteiger partial charge in [-0.05, 0) is 25.1 Å². The second-order valence-corrected chi connectivity index (χ2v) is 6.95. The van der Waals surface area contributed by atoms with Crippen molar-refractivity contribution in [3.05, 3.63) is 42.3 Å². The summed E-state index contributed by atoms with van der Waals surface area (Å²) in [7, 11) is 0. The van der Waals surface area contributed by atoms with E-state index in [1.54, 1.807) is 13.0 Å². The van der Waals surface area contributed by atoms with Gasteiger partial charge in [0.15, 0.2) is 5.82 Å². The molecule has 2 amide bonds. The maximum Gasteiger partial charge on any atom is 0.414 e. The molecule has 0 bridgehead atoms. The highest BCUT2D eigenvalue weighted by Gasteiger charge is 2.32. The van der Waals surface area contributed by atoms with E-state index in [9.17, 15) is 18.8 Å². The van der Waals surface area contributed by atoms with Crippen molar-refractivity contribution in [1.82, 2.24) is 25.2 Å². The van der Waals surface area contributed by atoms with E-state index >= 15 is 0 Å². The van der Waals surface area contributed by atoms with Crippen LogP contribution >= 0.6 is 0 Å². The van der Waals surface area contributed by atoms with Crippen LogP contribution in [0.5, 0.6) is 0 Å². The number of esters is 1. The Labute approximate surface area is 186 Å². The van der Waals surface area contributed by atoms with E-state index in [2.05, 4.69) is 20.6 Å². The highest BCUT2D eigenvalue weighted by Crippen LogP contribution is 2.26. The molecule has 12 nitrogen and oxygen atoms in total. The molecule has 1 fully saturated rings. The Morgan fingerprint density at radius 1 is 1.42 bits per heavy atom. The monoisotopic (exact) mass is 458 g/mol. The number of amides is 2. The van der Waals surface area contributed by atoms with Crippen LogP contribution in [0.25, 0.3) is 17.1 Å². The summed E-state index contributed by atoms with van der Waals surface area (Å²) in [4.78, 5) is 39.4. The average molecular weight is 458 g/mol. The van der Waals surface area contributed by atoms with E-state index in [1.807, 2.05) is 0 Å². The normalized spacial score (nSPS) is 15.4. The number of hydrogen-bond acceptors (Lipinski definition) is 9. The van der Waals surface area contributed by atoms with Crippen molar-refractivity contribution < 1.29 is 32.8 Å². The number of carbonyl (C=O) groups is 3. The number of hydrogen-bond donors (Lipinski definition) is 1. The van der Waals surface area contributed by atoms with Crippen LogP contribution in [0.2, 0.25) is 0 Å². The number of anilines is 1. The molecule has 4 rings (SSSR count). The predicted octanol–water partition coefficient (Wildman–Crippen LogP) is 1.24. The fraction of sp³-hybridized carbons (Fsp3) is 0.300. The summed E-state index contributed by atoms with van der Waals surface area (Å²) in [6.45, 7) is 2.28. The van der Waals surface area contributed by atoms with E-state index < -0.39 is 24.0 Å². The molecule has 1 unspecified atom stereocenters. The van der Waals surface area contributed by atoms with E-state index in [0.717, 1.165) is 0 Å². The van der Waals surface area contributed by atoms with Gasteiger partial charge in [0.25, 0.3) is 0 Å². The zero-order valence-corrected chi connectivity index (χ0v) is 17.4. The topological polar surface area (TPSA) is 142 Å². The van der Waals surface area contributed by atoms with Gasteiger partial charge in [0.1, 0.15) is 18.2 Å². The molecule has 172 valence electrons. The van der Waals surface area contributed by atoms with E-state index in [-0.39, 0.29) is 43.5 Å². The van der Waals surface area contributed by atoms with Crippen molar-refractivity contribution in [2.45, 2.75) is 19.4 Å². The van der Waals surface area contributed by atoms with Crippen molar-refractivity contribution in [3.8, 4) is 17.1 Å². The molecule has 1 aliphatic heterocycles. The van der Waals surface area contributed by atoms with Gasteiger partial charge in [-0.25, -0.2) is 13.9 Å². The van der Waals surface area contributed by atoms with Crippen LogP contribution in [0.15, 0.2) is 35.1 Å². The van der Waals surface area contributed by atoms with Crippen LogP contribution in [-0.4, -0.2) is 64.2 Å². The van der Waals surface area contributed by atoms with Crippen LogP contribution in [-0.2, 0) is 25.5 Å². The standard InChI is InChI=1S/C20H19FN6O6/c1-2-31-18(29)6-17-24-19(25-33-17)12-7-23-27(9-12)16-4-3-13(5-15(16)21)26-10-14(8-22-11-28)32-20(26)30/h3-5,7,9,11,14H,2,6,8,10H2,1H3,(H,22,28). The lowest BCUT2D eigenvalue weighted by atomic mass is 10.2. The van der Waals surface area contributed by atoms with Crippen LogP contribution in [0.1, 0.15) is 12.8 Å². The highest BCUT2D eigenvalue weighted by atomic mass is 19.1. The minimum absolute atomic E-state index is 0.0888. The van der Waals surface area contributed by atoms with Gasteiger partial charge in [0.05, 0.1) is 37.1 Å². The number of carbonyl (C=O) groups excluding carboxylic acids is 3. The third-order valence-corrected chi connectivity index (χ3v) is 4.70. The minimum atomic E-state index is -0.628. The first-order chi connectivity index (χ1) is 16.0. The van der Waals surface area contributed by atoms with Gasteiger partial charge in [-0.2, -0.15) is 10.1 Å². The van der Waals surface area contributed by atoms with Crippen molar-refractivity contribution in [1.29, 1.82) is 0 Å². The third-order valence-electron chi connectivity index (χ3n) is 4.70. The zero-order chi connectivity index (χ0) is 23.4. The number of aromatic nitrogens is 4. The summed E-state index contributed by atoms with van der Waals surface area (Å²) < 4.78 is 31.2. The molecular weight excluding hydrogens is 439 g/mol. The molecule has 0 saturated carbocycles. The largest absolute Gasteiger partial charge is 0.466 e. The lowest BCUT2D eigenvalue weighted by Crippen LogP contribution is -2.30. The third kappa shape index (κ3) is 4.81. The summed E-state index contributed by atoms with van der Waals surface area (Å²) >= 11 is 0. The van der Waals surface area contributed by atoms with Crippen molar-refractivity contribution in [3.63, 3.8) is 0 Å². The second-order valence-electron chi connectivity index (χ2n) is 6.95. The fourth-order valence-corrected chi connectivity index (χ4v) is 3.22. The van der Waals surface area contributed by atoms with Crippen LogP contribution in [0, 0.1) is 5.82 Å². The number of nitrogens with zero attached hydrogens (tertiary/aromatic N) is 5. The molecule has 2 aromatic heterocycles. The summed E-state index contributed by atoms with van der Waals surface area (Å²) in [6, 6.07) is 4.22. The number of nitrogens with one attached hydrogen (secondary N) is 1. The summed E-state index contributed by atoms with van der Waals surface area (Å²) in [5.74, 6) is -0.836. The average Bonchev–Trinajstić information content (AvgIpc) is 3.52. The lowest BCUT2D eigenvalue weighted by Gasteiger charge is -2.14. The minimum Gasteiger partial charge on any atom is -0.466 e. The van der Waals surface area contributed by atoms with Gasteiger partial charge >= 0.3 is 12.1 Å². The van der Waals surface area contributed by atoms with Gasteiger partial charge < -0.3 is 19.3 Å². The lowest BCUT2D eigenvalue weighted by molar-refractivity contribution is -0.142. The van der Waals surface area contributed by atoms with Crippen LogP contribution in [0.4, 0.5) is 14.9 Å². The van der Waals surface area contributed by atoms with Gasteiger partial charge in [0, 0.05) is 6.20 Å². The van der Waals surface area contributed by atoms with Gasteiger partial charge in [-0.15, -0.1) is 0 Å². The maximum absolute atomic E-state index is 14.8.